The number of piperidine rings is 1. The number of rotatable bonds is 1. The quantitative estimate of drug-likeness (QED) is 0.692. The number of carbonyl (C=O) groups excluding carboxylic acids is 1. The van der Waals surface area contributed by atoms with Crippen molar-refractivity contribution in [3.05, 3.63) is 41.5 Å². The maximum atomic E-state index is 11.9. The van der Waals surface area contributed by atoms with E-state index in [9.17, 15) is 10.1 Å². The van der Waals surface area contributed by atoms with Gasteiger partial charge in [0.25, 0.3) is 0 Å². The number of ketones is 1. The first-order valence-electron chi connectivity index (χ1n) is 8.18. The minimum absolute atomic E-state index is 0.0273. The topological polar surface area (TPSA) is 61.4 Å². The van der Waals surface area contributed by atoms with E-state index in [1.807, 2.05) is 44.2 Å². The largest absolute Gasteiger partial charge is 0.357 e. The van der Waals surface area contributed by atoms with Crippen LogP contribution in [0.2, 0.25) is 0 Å². The number of nitriles is 1. The van der Waals surface area contributed by atoms with E-state index >= 15 is 0 Å². The number of hydrogen-bond acceptors (Lipinski definition) is 4. The molecule has 2 aromatic heterocycles. The van der Waals surface area contributed by atoms with Crippen LogP contribution in [0.4, 0.5) is 5.82 Å². The van der Waals surface area contributed by atoms with Crippen LogP contribution < -0.4 is 4.90 Å². The van der Waals surface area contributed by atoms with Crippen molar-refractivity contribution < 1.29 is 4.79 Å². The van der Waals surface area contributed by atoms with Crippen molar-refractivity contribution in [1.82, 2.24) is 9.38 Å². The maximum absolute atomic E-state index is 11.9. The lowest BCUT2D eigenvalue weighted by Gasteiger charge is -2.32. The van der Waals surface area contributed by atoms with Gasteiger partial charge in [-0.05, 0) is 30.7 Å². The minimum Gasteiger partial charge on any atom is -0.357 e. The van der Waals surface area contributed by atoms with E-state index in [1.54, 1.807) is 0 Å². The van der Waals surface area contributed by atoms with Gasteiger partial charge in [-0.1, -0.05) is 19.1 Å². The number of imidazole rings is 1. The third-order valence-electron chi connectivity index (χ3n) is 4.86. The van der Waals surface area contributed by atoms with E-state index in [-0.39, 0.29) is 5.92 Å². The Labute approximate surface area is 140 Å². The van der Waals surface area contributed by atoms with Gasteiger partial charge in [-0.25, -0.2) is 4.98 Å². The first kappa shape index (κ1) is 14.7. The summed E-state index contributed by atoms with van der Waals surface area (Å²) in [7, 11) is 0. The van der Waals surface area contributed by atoms with Gasteiger partial charge in [-0.2, -0.15) is 5.26 Å². The van der Waals surface area contributed by atoms with E-state index in [2.05, 4.69) is 20.4 Å². The van der Waals surface area contributed by atoms with Crippen molar-refractivity contribution in [3.63, 3.8) is 0 Å². The Kier molecular flexibility index (Phi) is 3.27. The van der Waals surface area contributed by atoms with Crippen molar-refractivity contribution in [2.24, 2.45) is 5.92 Å². The Balaban J connectivity index is 2.02. The van der Waals surface area contributed by atoms with Crippen LogP contribution >= 0.6 is 0 Å². The molecule has 5 heteroatoms. The van der Waals surface area contributed by atoms with Gasteiger partial charge in [-0.3, -0.25) is 9.20 Å². The summed E-state index contributed by atoms with van der Waals surface area (Å²) in [6.45, 7) is 5.33. The molecule has 0 aliphatic carbocycles. The van der Waals surface area contributed by atoms with Gasteiger partial charge in [0, 0.05) is 25.4 Å². The predicted octanol–water partition coefficient (Wildman–Crippen LogP) is 3.08. The van der Waals surface area contributed by atoms with Gasteiger partial charge < -0.3 is 4.90 Å². The summed E-state index contributed by atoms with van der Waals surface area (Å²) in [5.41, 5.74) is 4.08. The zero-order valence-corrected chi connectivity index (χ0v) is 13.8. The zero-order valence-electron chi connectivity index (χ0n) is 13.8. The van der Waals surface area contributed by atoms with Crippen LogP contribution in [0.1, 0.15) is 24.5 Å². The fourth-order valence-electron chi connectivity index (χ4n) is 3.53. The molecule has 1 atom stereocenters. The Bertz CT molecular complexity index is 1010. The fraction of sp³-hybridized carbons (Fsp3) is 0.316. The molecule has 0 radical (unpaired) electrons. The summed E-state index contributed by atoms with van der Waals surface area (Å²) in [5.74, 6) is 1.36. The van der Waals surface area contributed by atoms with Crippen LogP contribution in [0.25, 0.3) is 16.7 Å². The van der Waals surface area contributed by atoms with Crippen LogP contribution in [0.15, 0.2) is 30.3 Å². The first-order chi connectivity index (χ1) is 11.6. The van der Waals surface area contributed by atoms with Gasteiger partial charge in [0.05, 0.1) is 16.6 Å². The number of anilines is 1. The molecule has 120 valence electrons. The summed E-state index contributed by atoms with van der Waals surface area (Å²) in [5, 5.41) is 9.56. The van der Waals surface area contributed by atoms with Crippen molar-refractivity contribution in [1.29, 1.82) is 5.26 Å². The molecule has 0 amide bonds. The van der Waals surface area contributed by atoms with Crippen molar-refractivity contribution >= 4 is 28.3 Å². The molecule has 1 aliphatic rings. The Morgan fingerprint density at radius 1 is 1.33 bits per heavy atom. The average molecular weight is 318 g/mol. The summed E-state index contributed by atoms with van der Waals surface area (Å²) >= 11 is 0. The Morgan fingerprint density at radius 2 is 2.12 bits per heavy atom. The summed E-state index contributed by atoms with van der Waals surface area (Å²) < 4.78 is 2.06. The number of nitrogens with zero attached hydrogens (tertiary/aromatic N) is 4. The highest BCUT2D eigenvalue weighted by molar-refractivity contribution is 5.86. The van der Waals surface area contributed by atoms with Crippen molar-refractivity contribution in [2.45, 2.75) is 20.3 Å². The number of aromatic nitrogens is 2. The van der Waals surface area contributed by atoms with E-state index in [0.29, 0.717) is 36.5 Å². The summed E-state index contributed by atoms with van der Waals surface area (Å²) in [6, 6.07) is 12.3. The van der Waals surface area contributed by atoms with Crippen LogP contribution in [-0.4, -0.2) is 28.3 Å². The monoisotopic (exact) mass is 318 g/mol. The number of hydrogen-bond donors (Lipinski definition) is 0. The number of Topliss-reactive ketones (excluding diaryl/α,β-unsaturated/α-hetero) is 1. The number of pyridine rings is 1. The van der Waals surface area contributed by atoms with Gasteiger partial charge in [0.2, 0.25) is 0 Å². The zero-order chi connectivity index (χ0) is 16.8. The second kappa shape index (κ2) is 5.34. The molecule has 1 aliphatic heterocycles. The first-order valence-corrected chi connectivity index (χ1v) is 8.18. The minimum atomic E-state index is 0.0273. The van der Waals surface area contributed by atoms with Crippen LogP contribution in [0.3, 0.4) is 0 Å². The van der Waals surface area contributed by atoms with Gasteiger partial charge in [-0.15, -0.1) is 0 Å². The highest BCUT2D eigenvalue weighted by atomic mass is 16.1. The number of benzene rings is 1. The Hall–Kier alpha value is -2.87. The summed E-state index contributed by atoms with van der Waals surface area (Å²) in [4.78, 5) is 18.8. The SMILES string of the molecule is Cc1cc(N2CCC(=O)C(C)C2)n2c(nc3ccccc32)c1C#N. The number of carbonyl (C=O) groups is 1. The maximum Gasteiger partial charge on any atom is 0.157 e. The molecular weight excluding hydrogens is 300 g/mol. The van der Waals surface area contributed by atoms with E-state index in [0.717, 1.165) is 22.4 Å². The van der Waals surface area contributed by atoms with Gasteiger partial charge in [0.15, 0.2) is 5.65 Å². The number of aryl methyl sites for hydroxylation is 1. The van der Waals surface area contributed by atoms with Crippen LogP contribution in [0, 0.1) is 24.2 Å². The van der Waals surface area contributed by atoms with Crippen molar-refractivity contribution in [3.8, 4) is 6.07 Å². The van der Waals surface area contributed by atoms with E-state index in [1.165, 1.54) is 0 Å². The molecule has 1 aromatic carbocycles. The molecule has 4 rings (SSSR count). The molecule has 1 saturated heterocycles. The average Bonchev–Trinajstić information content (AvgIpc) is 2.96. The lowest BCUT2D eigenvalue weighted by molar-refractivity contribution is -0.122. The normalized spacial score (nSPS) is 18.3. The highest BCUT2D eigenvalue weighted by Gasteiger charge is 2.26. The standard InChI is InChI=1S/C19H18N4O/c1-12-9-18(22-8-7-17(24)13(2)11-22)23-16-6-4-3-5-15(16)21-19(23)14(12)10-20/h3-6,9,13H,7-8,11H2,1-2H3. The highest BCUT2D eigenvalue weighted by Crippen LogP contribution is 2.30. The fourth-order valence-corrected chi connectivity index (χ4v) is 3.53. The lowest BCUT2D eigenvalue weighted by atomic mass is 9.98. The number of para-hydroxylation sites is 2. The molecule has 0 saturated carbocycles. The lowest BCUT2D eigenvalue weighted by Crippen LogP contribution is -2.40. The molecule has 1 fully saturated rings. The molecule has 0 bridgehead atoms. The molecule has 3 heterocycles. The molecule has 0 N–H and O–H groups in total. The third-order valence-corrected chi connectivity index (χ3v) is 4.86. The van der Waals surface area contributed by atoms with Gasteiger partial charge >= 0.3 is 0 Å². The smallest absolute Gasteiger partial charge is 0.157 e. The number of fused-ring (bicyclic) bond motifs is 3. The molecular formula is C19H18N4O. The second-order valence-corrected chi connectivity index (χ2v) is 6.50. The Morgan fingerprint density at radius 3 is 2.88 bits per heavy atom. The van der Waals surface area contributed by atoms with E-state index < -0.39 is 0 Å². The molecule has 3 aromatic rings. The molecule has 1 unspecified atom stereocenters. The molecule has 0 spiro atoms. The second-order valence-electron chi connectivity index (χ2n) is 6.50. The predicted molar refractivity (Wildman–Crippen MR) is 93.2 cm³/mol. The third kappa shape index (κ3) is 2.07. The summed E-state index contributed by atoms with van der Waals surface area (Å²) in [6.07, 6.45) is 0.564. The van der Waals surface area contributed by atoms with Crippen molar-refractivity contribution in [2.75, 3.05) is 18.0 Å². The molecule has 24 heavy (non-hydrogen) atoms. The van der Waals surface area contributed by atoms with Gasteiger partial charge in [0.1, 0.15) is 17.7 Å². The van der Waals surface area contributed by atoms with Crippen LogP contribution in [0.5, 0.6) is 0 Å². The molecule has 5 nitrogen and oxygen atoms in total. The van der Waals surface area contributed by atoms with E-state index in [4.69, 9.17) is 0 Å². The van der Waals surface area contributed by atoms with Crippen LogP contribution in [-0.2, 0) is 4.79 Å².